The fourth-order valence-corrected chi connectivity index (χ4v) is 4.55. The van der Waals surface area contributed by atoms with E-state index in [2.05, 4.69) is 10.1 Å². The van der Waals surface area contributed by atoms with Crippen molar-refractivity contribution in [1.29, 1.82) is 0 Å². The number of hydrogen-bond acceptors (Lipinski definition) is 4. The molecule has 1 aliphatic rings. The first-order valence-electron chi connectivity index (χ1n) is 8.87. The molecule has 0 aliphatic carbocycles. The van der Waals surface area contributed by atoms with Gasteiger partial charge in [0.15, 0.2) is 0 Å². The number of nitrogens with one attached hydrogen (secondary N) is 1. The van der Waals surface area contributed by atoms with Crippen LogP contribution >= 0.6 is 0 Å². The van der Waals surface area contributed by atoms with Gasteiger partial charge in [0.1, 0.15) is 11.6 Å². The van der Waals surface area contributed by atoms with Crippen LogP contribution in [0.4, 0.5) is 18.9 Å². The van der Waals surface area contributed by atoms with Crippen molar-refractivity contribution in [3.05, 3.63) is 54.3 Å². The van der Waals surface area contributed by atoms with Gasteiger partial charge in [-0.25, -0.2) is 12.8 Å². The highest BCUT2D eigenvalue weighted by Crippen LogP contribution is 2.25. The topological polar surface area (TPSA) is 75.7 Å². The van der Waals surface area contributed by atoms with Gasteiger partial charge in [-0.15, -0.1) is 0 Å². The number of rotatable bonds is 6. The lowest BCUT2D eigenvalue weighted by atomic mass is 9.97. The number of amides is 1. The van der Waals surface area contributed by atoms with Gasteiger partial charge in [0.25, 0.3) is 0 Å². The summed E-state index contributed by atoms with van der Waals surface area (Å²) in [6, 6.07) is 10.1. The first-order chi connectivity index (χ1) is 13.8. The van der Waals surface area contributed by atoms with E-state index in [-0.39, 0.29) is 35.6 Å². The molecule has 1 fully saturated rings. The van der Waals surface area contributed by atoms with Crippen molar-refractivity contribution in [3.8, 4) is 5.75 Å². The van der Waals surface area contributed by atoms with E-state index < -0.39 is 22.5 Å². The third-order valence-corrected chi connectivity index (χ3v) is 6.54. The molecule has 10 heteroatoms. The molecule has 1 N–H and O–H groups in total. The van der Waals surface area contributed by atoms with Crippen LogP contribution in [-0.2, 0) is 14.8 Å². The van der Waals surface area contributed by atoms with Crippen molar-refractivity contribution in [2.75, 3.05) is 18.4 Å². The van der Waals surface area contributed by atoms with E-state index in [1.54, 1.807) is 0 Å². The second-order valence-electron chi connectivity index (χ2n) is 6.52. The summed E-state index contributed by atoms with van der Waals surface area (Å²) in [7, 11) is -3.74. The zero-order chi connectivity index (χ0) is 21.0. The molecule has 2 aromatic carbocycles. The summed E-state index contributed by atoms with van der Waals surface area (Å²) in [6.07, 6.45) is 0.664. The van der Waals surface area contributed by atoms with E-state index in [9.17, 15) is 26.4 Å². The zero-order valence-electron chi connectivity index (χ0n) is 15.2. The van der Waals surface area contributed by atoms with Crippen LogP contribution < -0.4 is 10.1 Å². The molecule has 1 aliphatic heterocycles. The van der Waals surface area contributed by atoms with Crippen LogP contribution in [0.1, 0.15) is 12.8 Å². The summed E-state index contributed by atoms with van der Waals surface area (Å²) in [5.41, 5.74) is 0.429. The largest absolute Gasteiger partial charge is 0.435 e. The fraction of sp³-hybridized carbons (Fsp3) is 0.316. The van der Waals surface area contributed by atoms with Crippen molar-refractivity contribution >= 4 is 21.6 Å². The Labute approximate surface area is 166 Å². The molecule has 1 amide bonds. The normalized spacial score (nSPS) is 16.0. The zero-order valence-corrected chi connectivity index (χ0v) is 16.0. The van der Waals surface area contributed by atoms with Gasteiger partial charge >= 0.3 is 6.61 Å². The Hall–Kier alpha value is -2.59. The van der Waals surface area contributed by atoms with E-state index >= 15 is 0 Å². The van der Waals surface area contributed by atoms with Crippen molar-refractivity contribution < 1.29 is 31.1 Å². The average Bonchev–Trinajstić information content (AvgIpc) is 2.69. The number of nitrogens with zero attached hydrogens (tertiary/aromatic N) is 1. The summed E-state index contributed by atoms with van der Waals surface area (Å²) in [5.74, 6) is -1.19. The van der Waals surface area contributed by atoms with E-state index in [4.69, 9.17) is 0 Å². The molecule has 2 aromatic rings. The van der Waals surface area contributed by atoms with Crippen LogP contribution in [0.15, 0.2) is 53.4 Å². The third kappa shape index (κ3) is 5.27. The smallest absolute Gasteiger partial charge is 0.387 e. The number of piperidine rings is 1. The maximum absolute atomic E-state index is 13.0. The van der Waals surface area contributed by atoms with Gasteiger partial charge in [0.2, 0.25) is 15.9 Å². The molecular formula is C19H19F3N2O4S. The predicted octanol–water partition coefficient (Wildman–Crippen LogP) is 3.47. The Kier molecular flexibility index (Phi) is 6.43. The van der Waals surface area contributed by atoms with Gasteiger partial charge in [-0.05, 0) is 61.4 Å². The van der Waals surface area contributed by atoms with Crippen LogP contribution in [0.25, 0.3) is 0 Å². The predicted molar refractivity (Wildman–Crippen MR) is 99.6 cm³/mol. The van der Waals surface area contributed by atoms with Crippen LogP contribution in [0.5, 0.6) is 5.75 Å². The molecule has 0 atom stereocenters. The number of alkyl halides is 2. The first kappa shape index (κ1) is 21.1. The van der Waals surface area contributed by atoms with Gasteiger partial charge in [0.05, 0.1) is 4.90 Å². The fourth-order valence-electron chi connectivity index (χ4n) is 3.08. The number of sulfonamides is 1. The third-order valence-electron chi connectivity index (χ3n) is 4.62. The first-order valence-corrected chi connectivity index (χ1v) is 10.3. The molecule has 1 saturated heterocycles. The Morgan fingerprint density at radius 3 is 2.17 bits per heavy atom. The quantitative estimate of drug-likeness (QED) is 0.765. The number of hydrogen-bond donors (Lipinski definition) is 1. The number of benzene rings is 2. The second-order valence-corrected chi connectivity index (χ2v) is 8.46. The number of carbonyl (C=O) groups is 1. The minimum Gasteiger partial charge on any atom is -0.435 e. The van der Waals surface area contributed by atoms with Crippen molar-refractivity contribution in [3.63, 3.8) is 0 Å². The molecule has 0 spiro atoms. The molecular weight excluding hydrogens is 409 g/mol. The number of anilines is 1. The second kappa shape index (κ2) is 8.83. The molecule has 1 heterocycles. The van der Waals surface area contributed by atoms with Crippen molar-refractivity contribution in [2.24, 2.45) is 5.92 Å². The summed E-state index contributed by atoms with van der Waals surface area (Å²) >= 11 is 0. The molecule has 0 radical (unpaired) electrons. The maximum Gasteiger partial charge on any atom is 0.387 e. The lowest BCUT2D eigenvalue weighted by Crippen LogP contribution is -2.41. The maximum atomic E-state index is 13.0. The molecule has 3 rings (SSSR count). The Bertz CT molecular complexity index is 942. The number of ether oxygens (including phenoxy) is 1. The van der Waals surface area contributed by atoms with E-state index in [0.717, 1.165) is 12.1 Å². The highest BCUT2D eigenvalue weighted by atomic mass is 32.2. The summed E-state index contributed by atoms with van der Waals surface area (Å²) in [4.78, 5) is 12.4. The molecule has 0 unspecified atom stereocenters. The van der Waals surface area contributed by atoms with Gasteiger partial charge in [0, 0.05) is 24.7 Å². The van der Waals surface area contributed by atoms with Gasteiger partial charge in [-0.1, -0.05) is 0 Å². The minimum absolute atomic E-state index is 0.00732. The van der Waals surface area contributed by atoms with Crippen LogP contribution in [0, 0.1) is 11.7 Å². The monoisotopic (exact) mass is 428 g/mol. The van der Waals surface area contributed by atoms with E-state index in [1.807, 2.05) is 0 Å². The molecule has 6 nitrogen and oxygen atoms in total. The molecule has 0 bridgehead atoms. The van der Waals surface area contributed by atoms with Crippen molar-refractivity contribution in [1.82, 2.24) is 4.31 Å². The Morgan fingerprint density at radius 1 is 1.03 bits per heavy atom. The number of carbonyl (C=O) groups excluding carboxylic acids is 1. The molecule has 156 valence electrons. The molecule has 0 aromatic heterocycles. The van der Waals surface area contributed by atoms with Crippen LogP contribution in [-0.4, -0.2) is 38.3 Å². The minimum atomic E-state index is -3.74. The lowest BCUT2D eigenvalue weighted by molar-refractivity contribution is -0.120. The summed E-state index contributed by atoms with van der Waals surface area (Å²) < 4.78 is 68.1. The van der Waals surface area contributed by atoms with Crippen molar-refractivity contribution in [2.45, 2.75) is 24.3 Å². The molecule has 29 heavy (non-hydrogen) atoms. The van der Waals surface area contributed by atoms with Gasteiger partial charge < -0.3 is 10.1 Å². The molecule has 0 saturated carbocycles. The van der Waals surface area contributed by atoms with Crippen LogP contribution in [0.3, 0.4) is 0 Å². The Balaban J connectivity index is 1.56. The highest BCUT2D eigenvalue weighted by molar-refractivity contribution is 7.89. The Morgan fingerprint density at radius 2 is 1.62 bits per heavy atom. The average molecular weight is 428 g/mol. The highest BCUT2D eigenvalue weighted by Gasteiger charge is 2.32. The van der Waals surface area contributed by atoms with Gasteiger partial charge in [-0.3, -0.25) is 4.79 Å². The lowest BCUT2D eigenvalue weighted by Gasteiger charge is -2.30. The SMILES string of the molecule is O=C(Nc1ccc(OC(F)F)cc1)C1CCN(S(=O)(=O)c2ccc(F)cc2)CC1. The standard InChI is InChI=1S/C19H19F3N2O4S/c20-14-1-7-17(8-2-14)29(26,27)24-11-9-13(10-12-24)18(25)23-15-3-5-16(6-4-15)28-19(21)22/h1-8,13,19H,9-12H2,(H,23,25). The van der Waals surface area contributed by atoms with Gasteiger partial charge in [-0.2, -0.15) is 13.1 Å². The van der Waals surface area contributed by atoms with E-state index in [0.29, 0.717) is 18.5 Å². The van der Waals surface area contributed by atoms with Crippen LogP contribution in [0.2, 0.25) is 0 Å². The summed E-state index contributed by atoms with van der Waals surface area (Å²) in [6.45, 7) is -2.59. The van der Waals surface area contributed by atoms with E-state index in [1.165, 1.54) is 40.7 Å². The summed E-state index contributed by atoms with van der Waals surface area (Å²) in [5, 5.41) is 2.69. The number of halogens is 3.